The molecule has 2 aromatic heterocycles. The smallest absolute Gasteiger partial charge is 0.198 e. The van der Waals surface area contributed by atoms with Gasteiger partial charge in [0.1, 0.15) is 17.7 Å². The minimum Gasteiger partial charge on any atom is -0.491 e. The number of rotatable bonds is 5. The molecule has 0 unspecified atom stereocenters. The van der Waals surface area contributed by atoms with Crippen LogP contribution in [-0.2, 0) is 16.8 Å². The summed E-state index contributed by atoms with van der Waals surface area (Å²) < 4.78 is 7.51. The maximum atomic E-state index is 13.1. The highest BCUT2D eigenvalue weighted by molar-refractivity contribution is 5.96. The van der Waals surface area contributed by atoms with E-state index in [4.69, 9.17) is 4.74 Å². The first-order valence-corrected chi connectivity index (χ1v) is 8.80. The molecule has 0 saturated heterocycles. The van der Waals surface area contributed by atoms with Crippen molar-refractivity contribution < 1.29 is 9.53 Å². The number of nitriles is 1. The minimum atomic E-state index is -0.819. The third-order valence-corrected chi connectivity index (χ3v) is 4.68. The van der Waals surface area contributed by atoms with Crippen molar-refractivity contribution in [2.75, 3.05) is 6.61 Å². The highest BCUT2D eigenvalue weighted by Gasteiger charge is 2.24. The molecular weight excluding hydrogens is 342 g/mol. The molecule has 0 atom stereocenters. The molecule has 0 fully saturated rings. The van der Waals surface area contributed by atoms with Crippen LogP contribution in [0.4, 0.5) is 0 Å². The molecule has 0 bridgehead atoms. The molecular formula is C21H21N3O3. The van der Waals surface area contributed by atoms with E-state index in [0.29, 0.717) is 40.0 Å². The van der Waals surface area contributed by atoms with Crippen LogP contribution >= 0.6 is 0 Å². The third kappa shape index (κ3) is 2.95. The molecule has 2 heterocycles. The van der Waals surface area contributed by atoms with Gasteiger partial charge in [-0.05, 0) is 51.5 Å². The van der Waals surface area contributed by atoms with Gasteiger partial charge in [-0.15, -0.1) is 0 Å². The zero-order valence-corrected chi connectivity index (χ0v) is 15.9. The van der Waals surface area contributed by atoms with Crippen LogP contribution in [-0.4, -0.2) is 22.4 Å². The molecule has 3 rings (SSSR count). The van der Waals surface area contributed by atoms with E-state index < -0.39 is 5.41 Å². The fourth-order valence-electron chi connectivity index (χ4n) is 3.19. The summed E-state index contributed by atoms with van der Waals surface area (Å²) in [4.78, 5) is 29.1. The third-order valence-electron chi connectivity index (χ3n) is 4.68. The number of nitrogens with zero attached hydrogens (tertiary/aromatic N) is 3. The van der Waals surface area contributed by atoms with Crippen molar-refractivity contribution in [2.45, 2.75) is 39.7 Å². The van der Waals surface area contributed by atoms with Crippen LogP contribution in [0, 0.1) is 18.3 Å². The van der Waals surface area contributed by atoms with E-state index in [9.17, 15) is 14.9 Å². The van der Waals surface area contributed by atoms with Gasteiger partial charge in [0.25, 0.3) is 0 Å². The largest absolute Gasteiger partial charge is 0.491 e. The van der Waals surface area contributed by atoms with Gasteiger partial charge in [-0.3, -0.25) is 4.79 Å². The molecule has 0 aliphatic heterocycles. The molecule has 1 aromatic carbocycles. The van der Waals surface area contributed by atoms with Crippen molar-refractivity contribution >= 4 is 28.2 Å². The second-order valence-electron chi connectivity index (χ2n) is 6.95. The number of hydrogen-bond donors (Lipinski definition) is 0. The topological polar surface area (TPSA) is 85.0 Å². The number of ether oxygens (including phenoxy) is 1. The summed E-state index contributed by atoms with van der Waals surface area (Å²) >= 11 is 0. The van der Waals surface area contributed by atoms with E-state index in [1.807, 2.05) is 19.9 Å². The maximum absolute atomic E-state index is 13.1. The number of carbonyl (C=O) groups is 1. The second kappa shape index (κ2) is 6.84. The van der Waals surface area contributed by atoms with Crippen LogP contribution in [0.3, 0.4) is 0 Å². The van der Waals surface area contributed by atoms with Crippen molar-refractivity contribution in [3.8, 4) is 11.8 Å². The quantitative estimate of drug-likeness (QED) is 0.513. The molecule has 138 valence electrons. The number of hydrogen-bond acceptors (Lipinski definition) is 5. The van der Waals surface area contributed by atoms with Gasteiger partial charge in [0, 0.05) is 0 Å². The first-order valence-electron chi connectivity index (χ1n) is 8.80. The van der Waals surface area contributed by atoms with Gasteiger partial charge in [0.05, 0.1) is 46.6 Å². The Morgan fingerprint density at radius 1 is 1.26 bits per heavy atom. The summed E-state index contributed by atoms with van der Waals surface area (Å²) in [7, 11) is 0. The molecule has 6 heteroatoms. The Bertz CT molecular complexity index is 1150. The van der Waals surface area contributed by atoms with Gasteiger partial charge in [-0.2, -0.15) is 5.26 Å². The van der Waals surface area contributed by atoms with Gasteiger partial charge < -0.3 is 14.1 Å². The van der Waals surface area contributed by atoms with Gasteiger partial charge in [0.2, 0.25) is 0 Å². The van der Waals surface area contributed by atoms with E-state index in [-0.39, 0.29) is 12.0 Å². The number of pyridine rings is 2. The Kier molecular flexibility index (Phi) is 4.71. The van der Waals surface area contributed by atoms with Crippen LogP contribution in [0.25, 0.3) is 21.9 Å². The summed E-state index contributed by atoms with van der Waals surface area (Å²) in [5, 5.41) is 10.3. The summed E-state index contributed by atoms with van der Waals surface area (Å²) in [5.74, 6) is 0.572. The van der Waals surface area contributed by atoms with Crippen LogP contribution in [0.1, 0.15) is 32.0 Å². The molecule has 0 saturated carbocycles. The van der Waals surface area contributed by atoms with Crippen molar-refractivity contribution in [2.24, 2.45) is 0 Å². The predicted octanol–water partition coefficient (Wildman–Crippen LogP) is 3.26. The van der Waals surface area contributed by atoms with Gasteiger partial charge in [-0.25, -0.2) is 4.98 Å². The Morgan fingerprint density at radius 2 is 1.96 bits per heavy atom. The average molecular weight is 363 g/mol. The zero-order valence-electron chi connectivity index (χ0n) is 15.9. The fraction of sp³-hybridized carbons (Fsp3) is 0.333. The van der Waals surface area contributed by atoms with Gasteiger partial charge in [0.15, 0.2) is 5.43 Å². The second-order valence-corrected chi connectivity index (χ2v) is 6.95. The first-order chi connectivity index (χ1) is 12.9. The van der Waals surface area contributed by atoms with E-state index in [2.05, 4.69) is 11.1 Å². The summed E-state index contributed by atoms with van der Waals surface area (Å²) in [6.45, 7) is 7.75. The SMILES string of the molecule is CCOc1c(C)ccc2c(=O)c3ccc(C(C)(C)C#N)nc3n(CC=O)c12. The van der Waals surface area contributed by atoms with E-state index in [1.54, 1.807) is 36.6 Å². The Labute approximate surface area is 157 Å². The normalized spacial score (nSPS) is 11.5. The Morgan fingerprint density at radius 3 is 2.59 bits per heavy atom. The molecule has 0 aliphatic rings. The standard InChI is InChI=1S/C21H21N3O3/c1-5-27-19-13(2)6-7-14-17(19)24(10-11-25)20-15(18(14)26)8-9-16(23-20)21(3,4)12-22/h6-9,11H,5,10H2,1-4H3. The Balaban J connectivity index is 2.56. The van der Waals surface area contributed by atoms with Crippen LogP contribution < -0.4 is 10.2 Å². The number of aromatic nitrogens is 2. The molecule has 3 aromatic rings. The monoisotopic (exact) mass is 363 g/mol. The lowest BCUT2D eigenvalue weighted by Gasteiger charge is -2.19. The number of aryl methyl sites for hydroxylation is 1. The van der Waals surface area contributed by atoms with Crippen molar-refractivity contribution in [3.63, 3.8) is 0 Å². The van der Waals surface area contributed by atoms with Crippen LogP contribution in [0.5, 0.6) is 5.75 Å². The highest BCUT2D eigenvalue weighted by atomic mass is 16.5. The molecule has 0 aliphatic carbocycles. The van der Waals surface area contributed by atoms with Crippen molar-refractivity contribution in [1.82, 2.24) is 9.55 Å². The van der Waals surface area contributed by atoms with Gasteiger partial charge >= 0.3 is 0 Å². The number of benzene rings is 1. The maximum Gasteiger partial charge on any atom is 0.198 e. The highest BCUT2D eigenvalue weighted by Crippen LogP contribution is 2.31. The Hall–Kier alpha value is -3.20. The number of carbonyl (C=O) groups excluding carboxylic acids is 1. The molecule has 0 N–H and O–H groups in total. The summed E-state index contributed by atoms with van der Waals surface area (Å²) in [6, 6.07) is 9.19. The molecule has 0 radical (unpaired) electrons. The lowest BCUT2D eigenvalue weighted by Crippen LogP contribution is -2.20. The lowest BCUT2D eigenvalue weighted by atomic mass is 9.90. The summed E-state index contributed by atoms with van der Waals surface area (Å²) in [6.07, 6.45) is 0.769. The predicted molar refractivity (Wildman–Crippen MR) is 104 cm³/mol. The molecule has 0 amide bonds. The molecule has 6 nitrogen and oxygen atoms in total. The van der Waals surface area contributed by atoms with Crippen molar-refractivity contribution in [1.29, 1.82) is 5.26 Å². The van der Waals surface area contributed by atoms with E-state index in [0.717, 1.165) is 11.8 Å². The van der Waals surface area contributed by atoms with E-state index >= 15 is 0 Å². The van der Waals surface area contributed by atoms with Gasteiger partial charge in [-0.1, -0.05) is 6.07 Å². The summed E-state index contributed by atoms with van der Waals surface area (Å²) in [5.41, 5.74) is 1.36. The van der Waals surface area contributed by atoms with Crippen LogP contribution in [0.15, 0.2) is 29.1 Å². The minimum absolute atomic E-state index is 0.0280. The van der Waals surface area contributed by atoms with E-state index in [1.165, 1.54) is 0 Å². The number of fused-ring (bicyclic) bond motifs is 2. The average Bonchev–Trinajstić information content (AvgIpc) is 2.66. The molecule has 27 heavy (non-hydrogen) atoms. The van der Waals surface area contributed by atoms with Crippen molar-refractivity contribution in [3.05, 3.63) is 45.7 Å². The molecule has 0 spiro atoms. The first kappa shape index (κ1) is 18.6. The van der Waals surface area contributed by atoms with Crippen LogP contribution in [0.2, 0.25) is 0 Å². The fourth-order valence-corrected chi connectivity index (χ4v) is 3.19. The number of aldehydes is 1. The lowest BCUT2D eigenvalue weighted by molar-refractivity contribution is -0.108. The zero-order chi connectivity index (χ0) is 19.8.